The molecule has 0 spiro atoms. The number of carbonyl (C=O) groups is 2. The van der Waals surface area contributed by atoms with Gasteiger partial charge in [-0.15, -0.1) is 0 Å². The van der Waals surface area contributed by atoms with Gasteiger partial charge in [0.1, 0.15) is 5.75 Å². The Kier molecular flexibility index (Phi) is 7.51. The first-order valence-corrected chi connectivity index (χ1v) is 9.31. The Morgan fingerprint density at radius 3 is 2.46 bits per heavy atom. The van der Waals surface area contributed by atoms with Crippen LogP contribution in [0.3, 0.4) is 0 Å². The summed E-state index contributed by atoms with van der Waals surface area (Å²) in [4.78, 5) is 24.4. The molecule has 0 bridgehead atoms. The number of esters is 1. The zero-order chi connectivity index (χ0) is 18.9. The van der Waals surface area contributed by atoms with Gasteiger partial charge in [0.25, 0.3) is 0 Å². The zero-order valence-electron chi connectivity index (χ0n) is 15.8. The van der Waals surface area contributed by atoms with E-state index < -0.39 is 12.0 Å². The molecule has 1 unspecified atom stereocenters. The Balaban J connectivity index is 2.20. The third kappa shape index (κ3) is 5.00. The summed E-state index contributed by atoms with van der Waals surface area (Å²) in [6.45, 7) is 6.78. The molecule has 1 aliphatic rings. The number of carbonyl (C=O) groups excluding carboxylic acids is 2. The summed E-state index contributed by atoms with van der Waals surface area (Å²) in [7, 11) is 0. The van der Waals surface area contributed by atoms with E-state index >= 15 is 0 Å². The number of hydrogen-bond donors (Lipinski definition) is 2. The number of rotatable bonds is 9. The fourth-order valence-electron chi connectivity index (χ4n) is 2.90. The van der Waals surface area contributed by atoms with E-state index in [0.717, 1.165) is 30.6 Å². The van der Waals surface area contributed by atoms with E-state index in [2.05, 4.69) is 17.6 Å². The minimum atomic E-state index is -0.535. The maximum Gasteiger partial charge on any atom is 0.338 e. The smallest absolute Gasteiger partial charge is 0.338 e. The fourth-order valence-corrected chi connectivity index (χ4v) is 2.90. The van der Waals surface area contributed by atoms with Crippen LogP contribution in [0.2, 0.25) is 0 Å². The lowest BCUT2D eigenvalue weighted by atomic mass is 9.94. The SMILES string of the molecule is CCCCCOc1ccc(C2NC(=O)NC(CC)=C2C(=O)OCC)cc1. The van der Waals surface area contributed by atoms with Crippen molar-refractivity contribution in [3.8, 4) is 5.75 Å². The second-order valence-corrected chi connectivity index (χ2v) is 6.12. The lowest BCUT2D eigenvalue weighted by molar-refractivity contribution is -0.139. The molecule has 2 amide bonds. The van der Waals surface area contributed by atoms with Gasteiger partial charge < -0.3 is 20.1 Å². The predicted octanol–water partition coefficient (Wildman–Crippen LogP) is 3.84. The molecule has 0 saturated carbocycles. The van der Waals surface area contributed by atoms with Crippen molar-refractivity contribution in [2.75, 3.05) is 13.2 Å². The Morgan fingerprint density at radius 2 is 1.85 bits per heavy atom. The van der Waals surface area contributed by atoms with Crippen molar-refractivity contribution < 1.29 is 19.1 Å². The summed E-state index contributed by atoms with van der Waals surface area (Å²) >= 11 is 0. The summed E-state index contributed by atoms with van der Waals surface area (Å²) in [6, 6.07) is 6.62. The highest BCUT2D eigenvalue weighted by Gasteiger charge is 2.32. The third-order valence-corrected chi connectivity index (χ3v) is 4.23. The van der Waals surface area contributed by atoms with Crippen LogP contribution in [-0.4, -0.2) is 25.2 Å². The lowest BCUT2D eigenvalue weighted by Crippen LogP contribution is -2.45. The molecule has 6 nitrogen and oxygen atoms in total. The van der Waals surface area contributed by atoms with Gasteiger partial charge in [-0.1, -0.05) is 38.8 Å². The van der Waals surface area contributed by atoms with Gasteiger partial charge in [0.05, 0.1) is 24.8 Å². The van der Waals surface area contributed by atoms with Crippen LogP contribution in [0.1, 0.15) is 58.1 Å². The van der Waals surface area contributed by atoms with Gasteiger partial charge in [-0.05, 0) is 37.5 Å². The second-order valence-electron chi connectivity index (χ2n) is 6.12. The molecule has 0 radical (unpaired) electrons. The van der Waals surface area contributed by atoms with Crippen LogP contribution in [0.25, 0.3) is 0 Å². The molecule has 0 aromatic heterocycles. The Hall–Kier alpha value is -2.50. The number of nitrogens with one attached hydrogen (secondary N) is 2. The Bertz CT molecular complexity index is 652. The number of amides is 2. The molecule has 2 N–H and O–H groups in total. The molecule has 1 aromatic rings. The van der Waals surface area contributed by atoms with Gasteiger partial charge in [0, 0.05) is 5.70 Å². The minimum Gasteiger partial charge on any atom is -0.494 e. The lowest BCUT2D eigenvalue weighted by Gasteiger charge is -2.29. The summed E-state index contributed by atoms with van der Waals surface area (Å²) < 4.78 is 10.9. The molecule has 0 saturated heterocycles. The highest BCUT2D eigenvalue weighted by atomic mass is 16.5. The molecular formula is C20H28N2O4. The second kappa shape index (κ2) is 9.85. The third-order valence-electron chi connectivity index (χ3n) is 4.23. The highest BCUT2D eigenvalue weighted by molar-refractivity contribution is 5.95. The van der Waals surface area contributed by atoms with Crippen LogP contribution in [0.5, 0.6) is 5.75 Å². The highest BCUT2D eigenvalue weighted by Crippen LogP contribution is 2.30. The number of urea groups is 1. The van der Waals surface area contributed by atoms with Crippen LogP contribution >= 0.6 is 0 Å². The van der Waals surface area contributed by atoms with E-state index in [1.165, 1.54) is 0 Å². The fraction of sp³-hybridized carbons (Fsp3) is 0.500. The largest absolute Gasteiger partial charge is 0.494 e. The first kappa shape index (κ1) is 19.8. The molecule has 0 aliphatic carbocycles. The maximum atomic E-state index is 12.4. The quantitative estimate of drug-likeness (QED) is 0.518. The number of hydrogen-bond acceptors (Lipinski definition) is 4. The molecule has 6 heteroatoms. The Labute approximate surface area is 154 Å². The standard InChI is InChI=1S/C20H28N2O4/c1-4-7-8-13-26-15-11-9-14(10-12-15)18-17(19(23)25-6-3)16(5-2)21-20(24)22-18/h9-12,18H,4-8,13H2,1-3H3,(H2,21,22,24). The van der Waals surface area contributed by atoms with E-state index in [1.807, 2.05) is 31.2 Å². The van der Waals surface area contributed by atoms with Gasteiger partial charge in [0.2, 0.25) is 0 Å². The average molecular weight is 360 g/mol. The molecule has 26 heavy (non-hydrogen) atoms. The van der Waals surface area contributed by atoms with E-state index in [4.69, 9.17) is 9.47 Å². The van der Waals surface area contributed by atoms with Crippen molar-refractivity contribution in [1.29, 1.82) is 0 Å². The zero-order valence-corrected chi connectivity index (χ0v) is 15.8. The molecule has 142 valence electrons. The molecular weight excluding hydrogens is 332 g/mol. The normalized spacial score (nSPS) is 16.7. The average Bonchev–Trinajstić information content (AvgIpc) is 2.65. The topological polar surface area (TPSA) is 76.7 Å². The van der Waals surface area contributed by atoms with Crippen LogP contribution < -0.4 is 15.4 Å². The number of allylic oxidation sites excluding steroid dienone is 1. The first-order chi connectivity index (χ1) is 12.6. The van der Waals surface area contributed by atoms with Gasteiger partial charge in [-0.3, -0.25) is 0 Å². The predicted molar refractivity (Wildman–Crippen MR) is 99.8 cm³/mol. The van der Waals surface area contributed by atoms with Crippen LogP contribution in [-0.2, 0) is 9.53 Å². The van der Waals surface area contributed by atoms with E-state index in [-0.39, 0.29) is 12.6 Å². The van der Waals surface area contributed by atoms with Crippen molar-refractivity contribution in [3.05, 3.63) is 41.1 Å². The first-order valence-electron chi connectivity index (χ1n) is 9.31. The van der Waals surface area contributed by atoms with E-state index in [9.17, 15) is 9.59 Å². The van der Waals surface area contributed by atoms with Crippen molar-refractivity contribution >= 4 is 12.0 Å². The Morgan fingerprint density at radius 1 is 1.12 bits per heavy atom. The molecule has 1 aromatic carbocycles. The van der Waals surface area contributed by atoms with Gasteiger partial charge >= 0.3 is 12.0 Å². The monoisotopic (exact) mass is 360 g/mol. The molecule has 1 atom stereocenters. The maximum absolute atomic E-state index is 12.4. The van der Waals surface area contributed by atoms with Crippen molar-refractivity contribution in [1.82, 2.24) is 10.6 Å². The molecule has 1 aliphatic heterocycles. The molecule has 1 heterocycles. The van der Waals surface area contributed by atoms with Crippen molar-refractivity contribution in [3.63, 3.8) is 0 Å². The van der Waals surface area contributed by atoms with Gasteiger partial charge in [-0.2, -0.15) is 0 Å². The van der Waals surface area contributed by atoms with E-state index in [0.29, 0.717) is 24.3 Å². The number of unbranched alkanes of at least 4 members (excludes halogenated alkanes) is 2. The molecule has 0 fully saturated rings. The summed E-state index contributed by atoms with van der Waals surface area (Å²) in [5.74, 6) is 0.365. The van der Waals surface area contributed by atoms with Gasteiger partial charge in [0.15, 0.2) is 0 Å². The molecule has 2 rings (SSSR count). The van der Waals surface area contributed by atoms with Crippen molar-refractivity contribution in [2.24, 2.45) is 0 Å². The summed E-state index contributed by atoms with van der Waals surface area (Å²) in [6.07, 6.45) is 3.86. The number of ether oxygens (including phenoxy) is 2. The summed E-state index contributed by atoms with van der Waals surface area (Å²) in [5.41, 5.74) is 1.86. The van der Waals surface area contributed by atoms with Crippen LogP contribution in [0, 0.1) is 0 Å². The summed E-state index contributed by atoms with van der Waals surface area (Å²) in [5, 5.41) is 5.53. The number of benzene rings is 1. The van der Waals surface area contributed by atoms with E-state index in [1.54, 1.807) is 6.92 Å². The minimum absolute atomic E-state index is 0.282. The van der Waals surface area contributed by atoms with Crippen molar-refractivity contribution in [2.45, 2.75) is 52.5 Å². The van der Waals surface area contributed by atoms with Crippen LogP contribution in [0.15, 0.2) is 35.5 Å². The van der Waals surface area contributed by atoms with Gasteiger partial charge in [-0.25, -0.2) is 9.59 Å². The van der Waals surface area contributed by atoms with Crippen LogP contribution in [0.4, 0.5) is 4.79 Å².